The Morgan fingerprint density at radius 2 is 2.00 bits per heavy atom. The van der Waals surface area contributed by atoms with Gasteiger partial charge in [-0.2, -0.15) is 0 Å². The normalized spacial score (nSPS) is 16.8. The minimum Gasteiger partial charge on any atom is -0.487 e. The van der Waals surface area contributed by atoms with E-state index in [4.69, 9.17) is 4.74 Å². The van der Waals surface area contributed by atoms with Gasteiger partial charge in [-0.3, -0.25) is 0 Å². The van der Waals surface area contributed by atoms with Crippen LogP contribution in [0.3, 0.4) is 0 Å². The molecule has 1 fully saturated rings. The number of aryl methyl sites for hydroxylation is 1. The number of hydrogen-bond donors (Lipinski definition) is 1. The third kappa shape index (κ3) is 4.23. The maximum Gasteiger partial charge on any atom is 0.120 e. The van der Waals surface area contributed by atoms with Gasteiger partial charge in [0.2, 0.25) is 0 Å². The zero-order valence-corrected chi connectivity index (χ0v) is 14.2. The Morgan fingerprint density at radius 3 is 2.52 bits per heavy atom. The standard InChI is InChI=1S/C19H31NO/c1-5-12-20-13-11-19(9-6-10-19)21-17-7-8-18(15(2)3)16(4)14-17/h7-8,14-15,20H,5-6,9-13H2,1-4H3. The van der Waals surface area contributed by atoms with Crippen molar-refractivity contribution in [3.8, 4) is 5.75 Å². The molecule has 1 N–H and O–H groups in total. The fraction of sp³-hybridized carbons (Fsp3) is 0.684. The van der Waals surface area contributed by atoms with Crippen LogP contribution in [0.15, 0.2) is 18.2 Å². The quantitative estimate of drug-likeness (QED) is 0.693. The minimum atomic E-state index is 0.0898. The Labute approximate surface area is 130 Å². The van der Waals surface area contributed by atoms with Gasteiger partial charge in [-0.05, 0) is 81.3 Å². The highest BCUT2D eigenvalue weighted by atomic mass is 16.5. The van der Waals surface area contributed by atoms with E-state index in [0.717, 1.165) is 25.3 Å². The van der Waals surface area contributed by atoms with Crippen molar-refractivity contribution in [2.75, 3.05) is 13.1 Å². The lowest BCUT2D eigenvalue weighted by molar-refractivity contribution is -0.0142. The molecule has 1 aromatic carbocycles. The predicted molar refractivity (Wildman–Crippen MR) is 90.3 cm³/mol. The topological polar surface area (TPSA) is 21.3 Å². The monoisotopic (exact) mass is 289 g/mol. The van der Waals surface area contributed by atoms with Crippen molar-refractivity contribution < 1.29 is 4.74 Å². The van der Waals surface area contributed by atoms with Gasteiger partial charge in [0.1, 0.15) is 11.4 Å². The van der Waals surface area contributed by atoms with Crippen LogP contribution in [0.1, 0.15) is 69.9 Å². The molecule has 0 aromatic heterocycles. The van der Waals surface area contributed by atoms with E-state index in [1.807, 2.05) is 0 Å². The third-order valence-corrected chi connectivity index (χ3v) is 4.65. The van der Waals surface area contributed by atoms with Crippen molar-refractivity contribution in [2.24, 2.45) is 0 Å². The van der Waals surface area contributed by atoms with Gasteiger partial charge in [0.15, 0.2) is 0 Å². The lowest BCUT2D eigenvalue weighted by atomic mass is 9.77. The first-order chi connectivity index (χ1) is 10.1. The van der Waals surface area contributed by atoms with E-state index < -0.39 is 0 Å². The average Bonchev–Trinajstić information content (AvgIpc) is 2.40. The summed E-state index contributed by atoms with van der Waals surface area (Å²) in [6.07, 6.45) is 6.02. The molecule has 0 aliphatic heterocycles. The summed E-state index contributed by atoms with van der Waals surface area (Å²) in [5.41, 5.74) is 2.86. The van der Waals surface area contributed by atoms with Gasteiger partial charge in [0.05, 0.1) is 0 Å². The molecule has 2 heteroatoms. The molecule has 0 saturated heterocycles. The van der Waals surface area contributed by atoms with Crippen LogP contribution < -0.4 is 10.1 Å². The van der Waals surface area contributed by atoms with Crippen molar-refractivity contribution in [3.05, 3.63) is 29.3 Å². The molecule has 0 heterocycles. The van der Waals surface area contributed by atoms with E-state index in [0.29, 0.717) is 5.92 Å². The molecule has 118 valence electrons. The fourth-order valence-corrected chi connectivity index (χ4v) is 3.20. The molecule has 1 aromatic rings. The third-order valence-electron chi connectivity index (χ3n) is 4.65. The smallest absolute Gasteiger partial charge is 0.120 e. The second-order valence-corrected chi connectivity index (χ2v) is 6.81. The summed E-state index contributed by atoms with van der Waals surface area (Å²) < 4.78 is 6.39. The minimum absolute atomic E-state index is 0.0898. The summed E-state index contributed by atoms with van der Waals surface area (Å²) in [6.45, 7) is 11.1. The largest absolute Gasteiger partial charge is 0.487 e. The summed E-state index contributed by atoms with van der Waals surface area (Å²) in [6, 6.07) is 6.60. The summed E-state index contributed by atoms with van der Waals surface area (Å²) in [4.78, 5) is 0. The maximum absolute atomic E-state index is 6.39. The summed E-state index contributed by atoms with van der Waals surface area (Å²) in [5, 5.41) is 3.50. The molecule has 1 saturated carbocycles. The van der Waals surface area contributed by atoms with E-state index in [-0.39, 0.29) is 5.60 Å². The van der Waals surface area contributed by atoms with Crippen molar-refractivity contribution >= 4 is 0 Å². The SMILES string of the molecule is CCCNCCC1(Oc2ccc(C(C)C)c(C)c2)CCC1. The Balaban J connectivity index is 1.96. The molecule has 2 nitrogen and oxygen atoms in total. The lowest BCUT2D eigenvalue weighted by Crippen LogP contribution is -2.45. The Morgan fingerprint density at radius 1 is 1.24 bits per heavy atom. The highest BCUT2D eigenvalue weighted by molar-refractivity contribution is 5.37. The Kier molecular flexibility index (Phi) is 5.69. The van der Waals surface area contributed by atoms with Crippen LogP contribution in [0.2, 0.25) is 0 Å². The first-order valence-corrected chi connectivity index (χ1v) is 8.56. The first-order valence-electron chi connectivity index (χ1n) is 8.56. The van der Waals surface area contributed by atoms with E-state index in [2.05, 4.69) is 51.2 Å². The van der Waals surface area contributed by atoms with E-state index in [9.17, 15) is 0 Å². The van der Waals surface area contributed by atoms with Crippen molar-refractivity contribution in [2.45, 2.75) is 71.3 Å². The molecule has 0 unspecified atom stereocenters. The molecule has 0 radical (unpaired) electrons. The Bertz CT molecular complexity index is 449. The van der Waals surface area contributed by atoms with Crippen LogP contribution in [0.5, 0.6) is 5.75 Å². The number of hydrogen-bond acceptors (Lipinski definition) is 2. The van der Waals surface area contributed by atoms with Crippen LogP contribution >= 0.6 is 0 Å². The molecule has 2 rings (SSSR count). The highest BCUT2D eigenvalue weighted by Crippen LogP contribution is 2.39. The predicted octanol–water partition coefficient (Wildman–Crippen LogP) is 4.81. The highest BCUT2D eigenvalue weighted by Gasteiger charge is 2.38. The Hall–Kier alpha value is -1.02. The number of ether oxygens (including phenoxy) is 1. The summed E-state index contributed by atoms with van der Waals surface area (Å²) in [7, 11) is 0. The van der Waals surface area contributed by atoms with Gasteiger partial charge in [-0.1, -0.05) is 26.8 Å². The van der Waals surface area contributed by atoms with Crippen molar-refractivity contribution in [3.63, 3.8) is 0 Å². The van der Waals surface area contributed by atoms with Gasteiger partial charge in [0, 0.05) is 0 Å². The number of nitrogens with one attached hydrogen (secondary N) is 1. The van der Waals surface area contributed by atoms with Crippen molar-refractivity contribution in [1.82, 2.24) is 5.32 Å². The molecule has 21 heavy (non-hydrogen) atoms. The molecule has 1 aliphatic rings. The number of rotatable bonds is 8. The van der Waals surface area contributed by atoms with E-state index >= 15 is 0 Å². The van der Waals surface area contributed by atoms with Gasteiger partial charge < -0.3 is 10.1 Å². The summed E-state index contributed by atoms with van der Waals surface area (Å²) >= 11 is 0. The van der Waals surface area contributed by atoms with Crippen molar-refractivity contribution in [1.29, 1.82) is 0 Å². The zero-order chi connectivity index (χ0) is 15.3. The van der Waals surface area contributed by atoms with E-state index in [1.165, 1.54) is 36.8 Å². The van der Waals surface area contributed by atoms with Gasteiger partial charge in [-0.25, -0.2) is 0 Å². The van der Waals surface area contributed by atoms with E-state index in [1.54, 1.807) is 0 Å². The number of benzene rings is 1. The van der Waals surface area contributed by atoms with Crippen LogP contribution in [-0.4, -0.2) is 18.7 Å². The van der Waals surface area contributed by atoms with Gasteiger partial charge in [0.25, 0.3) is 0 Å². The lowest BCUT2D eigenvalue weighted by Gasteiger charge is -2.42. The molecule has 0 amide bonds. The second kappa shape index (κ2) is 7.31. The van der Waals surface area contributed by atoms with Gasteiger partial charge >= 0.3 is 0 Å². The second-order valence-electron chi connectivity index (χ2n) is 6.81. The first kappa shape index (κ1) is 16.4. The molecule has 0 bridgehead atoms. The maximum atomic E-state index is 6.39. The molecular weight excluding hydrogens is 258 g/mol. The van der Waals surface area contributed by atoms with Crippen LogP contribution in [0.4, 0.5) is 0 Å². The zero-order valence-electron chi connectivity index (χ0n) is 14.2. The molecular formula is C19H31NO. The van der Waals surface area contributed by atoms with Crippen LogP contribution in [0, 0.1) is 6.92 Å². The average molecular weight is 289 g/mol. The molecule has 1 aliphatic carbocycles. The molecule has 0 atom stereocenters. The summed E-state index contributed by atoms with van der Waals surface area (Å²) in [5.74, 6) is 1.63. The molecule has 0 spiro atoms. The fourth-order valence-electron chi connectivity index (χ4n) is 3.20. The van der Waals surface area contributed by atoms with Crippen LogP contribution in [-0.2, 0) is 0 Å². The van der Waals surface area contributed by atoms with Gasteiger partial charge in [-0.15, -0.1) is 0 Å². The van der Waals surface area contributed by atoms with Crippen LogP contribution in [0.25, 0.3) is 0 Å².